The molecule has 0 fully saturated rings. The molecule has 0 saturated heterocycles. The molecule has 0 amide bonds. The van der Waals surface area contributed by atoms with Crippen molar-refractivity contribution in [1.29, 1.82) is 0 Å². The van der Waals surface area contributed by atoms with Gasteiger partial charge >= 0.3 is 0 Å². The highest BCUT2D eigenvalue weighted by molar-refractivity contribution is 5.10. The van der Waals surface area contributed by atoms with Crippen molar-refractivity contribution in [2.75, 3.05) is 26.9 Å². The number of hydrogen-bond acceptors (Lipinski definition) is 4. The molecule has 6 heteroatoms. The monoisotopic (exact) mass is 291 g/mol. The molecule has 1 unspecified atom stereocenters. The van der Waals surface area contributed by atoms with Crippen LogP contribution in [0.25, 0.3) is 0 Å². The van der Waals surface area contributed by atoms with Crippen LogP contribution in [0.2, 0.25) is 0 Å². The highest BCUT2D eigenvalue weighted by atomic mass is 19.3. The van der Waals surface area contributed by atoms with Crippen LogP contribution in [-0.4, -0.2) is 33.3 Å². The third kappa shape index (κ3) is 6.45. The van der Waals surface area contributed by atoms with E-state index in [0.29, 0.717) is 13.0 Å². The molecule has 1 N–H and O–H groups in total. The van der Waals surface area contributed by atoms with E-state index in [1.165, 1.54) is 0 Å². The van der Waals surface area contributed by atoms with Crippen molar-refractivity contribution in [1.82, 2.24) is 5.32 Å². The number of furan rings is 1. The molecule has 0 radical (unpaired) electrons. The summed E-state index contributed by atoms with van der Waals surface area (Å²) in [7, 11) is 1.60. The summed E-state index contributed by atoms with van der Waals surface area (Å²) in [6, 6.07) is 3.71. The number of rotatable bonds is 11. The Morgan fingerprint density at radius 3 is 2.80 bits per heavy atom. The van der Waals surface area contributed by atoms with Gasteiger partial charge in [-0.2, -0.15) is 0 Å². The molecule has 1 aromatic heterocycles. The van der Waals surface area contributed by atoms with E-state index in [2.05, 4.69) is 12.2 Å². The Labute approximate surface area is 118 Å². The number of hydrogen-bond donors (Lipinski definition) is 1. The maximum Gasteiger partial charge on any atom is 0.261 e. The second-order valence-electron chi connectivity index (χ2n) is 4.50. The first-order valence-corrected chi connectivity index (χ1v) is 6.84. The minimum Gasteiger partial charge on any atom is -0.462 e. The largest absolute Gasteiger partial charge is 0.462 e. The Hall–Kier alpha value is -0.980. The van der Waals surface area contributed by atoms with Gasteiger partial charge in [-0.3, -0.25) is 0 Å². The van der Waals surface area contributed by atoms with Gasteiger partial charge in [-0.1, -0.05) is 6.92 Å². The highest BCUT2D eigenvalue weighted by Crippen LogP contribution is 2.20. The van der Waals surface area contributed by atoms with E-state index in [-0.39, 0.29) is 12.6 Å². The maximum absolute atomic E-state index is 12.0. The lowest BCUT2D eigenvalue weighted by Crippen LogP contribution is -2.23. The average molecular weight is 291 g/mol. The molecule has 116 valence electrons. The van der Waals surface area contributed by atoms with Crippen LogP contribution in [0.4, 0.5) is 8.78 Å². The van der Waals surface area contributed by atoms with Gasteiger partial charge in [0.25, 0.3) is 6.43 Å². The Morgan fingerprint density at radius 1 is 1.35 bits per heavy atom. The van der Waals surface area contributed by atoms with Gasteiger partial charge in [-0.25, -0.2) is 8.78 Å². The van der Waals surface area contributed by atoms with E-state index < -0.39 is 13.0 Å². The Morgan fingerprint density at radius 2 is 2.15 bits per heavy atom. The molecule has 0 aliphatic rings. The smallest absolute Gasteiger partial charge is 0.261 e. The van der Waals surface area contributed by atoms with Gasteiger partial charge in [0.15, 0.2) is 0 Å². The van der Waals surface area contributed by atoms with Crippen molar-refractivity contribution >= 4 is 0 Å². The lowest BCUT2D eigenvalue weighted by Gasteiger charge is -2.16. The Bertz CT molecular complexity index is 358. The van der Waals surface area contributed by atoms with E-state index in [1.807, 2.05) is 12.1 Å². The lowest BCUT2D eigenvalue weighted by atomic mass is 10.1. The van der Waals surface area contributed by atoms with Gasteiger partial charge in [0.05, 0.1) is 6.04 Å². The molecule has 1 rings (SSSR count). The van der Waals surface area contributed by atoms with Gasteiger partial charge in [0.2, 0.25) is 0 Å². The van der Waals surface area contributed by atoms with E-state index in [0.717, 1.165) is 24.5 Å². The van der Waals surface area contributed by atoms with Crippen molar-refractivity contribution in [3.8, 4) is 0 Å². The number of alkyl halides is 2. The molecule has 1 aromatic rings. The van der Waals surface area contributed by atoms with Gasteiger partial charge in [0, 0.05) is 13.7 Å². The van der Waals surface area contributed by atoms with Crippen molar-refractivity contribution in [3.63, 3.8) is 0 Å². The van der Waals surface area contributed by atoms with E-state index >= 15 is 0 Å². The summed E-state index contributed by atoms with van der Waals surface area (Å²) in [6.45, 7) is 3.07. The van der Waals surface area contributed by atoms with Crippen LogP contribution in [0.15, 0.2) is 16.5 Å². The fourth-order valence-corrected chi connectivity index (χ4v) is 1.84. The zero-order valence-corrected chi connectivity index (χ0v) is 12.0. The summed E-state index contributed by atoms with van der Waals surface area (Å²) in [6.07, 6.45) is -0.846. The Kier molecular flexibility index (Phi) is 8.41. The van der Waals surface area contributed by atoms with Crippen molar-refractivity contribution < 1.29 is 22.7 Å². The van der Waals surface area contributed by atoms with Crippen molar-refractivity contribution in [2.45, 2.75) is 38.8 Å². The number of ether oxygens (including phenoxy) is 2. The van der Waals surface area contributed by atoms with Crippen molar-refractivity contribution in [2.24, 2.45) is 0 Å². The summed E-state index contributed by atoms with van der Waals surface area (Å²) < 4.78 is 39.6. The molecule has 20 heavy (non-hydrogen) atoms. The Balaban J connectivity index is 2.48. The van der Waals surface area contributed by atoms with Gasteiger partial charge in [0.1, 0.15) is 24.7 Å². The molecule has 0 aliphatic carbocycles. The standard InChI is InChI=1S/C14H23F2NO3/c1-3-7-17-12(6-8-19-10-14(15)16)13-5-4-11(20-13)9-18-2/h4-5,12,14,17H,3,6-10H2,1-2H3. The molecule has 0 bridgehead atoms. The predicted octanol–water partition coefficient (Wildman–Crippen LogP) is 3.14. The minimum atomic E-state index is -2.42. The van der Waals surface area contributed by atoms with Crippen LogP contribution < -0.4 is 5.32 Å². The van der Waals surface area contributed by atoms with Gasteiger partial charge < -0.3 is 19.2 Å². The summed E-state index contributed by atoms with van der Waals surface area (Å²) in [5.41, 5.74) is 0. The van der Waals surface area contributed by atoms with Crippen LogP contribution in [0.5, 0.6) is 0 Å². The second kappa shape index (κ2) is 9.85. The minimum absolute atomic E-state index is 0.0294. The fourth-order valence-electron chi connectivity index (χ4n) is 1.84. The van der Waals surface area contributed by atoms with E-state index in [9.17, 15) is 8.78 Å². The molecule has 0 aromatic carbocycles. The van der Waals surface area contributed by atoms with Crippen molar-refractivity contribution in [3.05, 3.63) is 23.7 Å². The van der Waals surface area contributed by atoms with E-state index in [4.69, 9.17) is 13.9 Å². The first kappa shape index (κ1) is 17.1. The molecule has 0 saturated carbocycles. The van der Waals surface area contributed by atoms with Gasteiger partial charge in [-0.05, 0) is 31.5 Å². The van der Waals surface area contributed by atoms with Crippen LogP contribution in [0, 0.1) is 0 Å². The molecule has 0 spiro atoms. The fraction of sp³-hybridized carbons (Fsp3) is 0.714. The lowest BCUT2D eigenvalue weighted by molar-refractivity contribution is 0.0138. The summed E-state index contributed by atoms with van der Waals surface area (Å²) in [4.78, 5) is 0. The molecule has 1 atom stereocenters. The number of nitrogens with one attached hydrogen (secondary N) is 1. The van der Waals surface area contributed by atoms with Crippen LogP contribution in [0.1, 0.15) is 37.3 Å². The zero-order chi connectivity index (χ0) is 14.8. The molecular weight excluding hydrogens is 268 g/mol. The number of halogens is 2. The first-order chi connectivity index (χ1) is 9.67. The summed E-state index contributed by atoms with van der Waals surface area (Å²) in [5.74, 6) is 1.53. The third-order valence-corrected chi connectivity index (χ3v) is 2.75. The quantitative estimate of drug-likeness (QED) is 0.636. The SMILES string of the molecule is CCCNC(CCOCC(F)F)c1ccc(COC)o1. The average Bonchev–Trinajstić information content (AvgIpc) is 2.86. The zero-order valence-electron chi connectivity index (χ0n) is 12.0. The highest BCUT2D eigenvalue weighted by Gasteiger charge is 2.15. The number of methoxy groups -OCH3 is 1. The molecule has 1 heterocycles. The van der Waals surface area contributed by atoms with E-state index in [1.54, 1.807) is 7.11 Å². The molecular formula is C14H23F2NO3. The molecule has 0 aliphatic heterocycles. The predicted molar refractivity (Wildman–Crippen MR) is 71.9 cm³/mol. The van der Waals surface area contributed by atoms with Crippen LogP contribution in [0.3, 0.4) is 0 Å². The molecule has 4 nitrogen and oxygen atoms in total. The second-order valence-corrected chi connectivity index (χ2v) is 4.50. The topological polar surface area (TPSA) is 43.6 Å². The van der Waals surface area contributed by atoms with Crippen LogP contribution >= 0.6 is 0 Å². The third-order valence-electron chi connectivity index (χ3n) is 2.75. The normalized spacial score (nSPS) is 13.1. The summed E-state index contributed by atoms with van der Waals surface area (Å²) in [5, 5.41) is 3.33. The summed E-state index contributed by atoms with van der Waals surface area (Å²) >= 11 is 0. The first-order valence-electron chi connectivity index (χ1n) is 6.84. The maximum atomic E-state index is 12.0. The van der Waals surface area contributed by atoms with Crippen LogP contribution in [-0.2, 0) is 16.1 Å². The van der Waals surface area contributed by atoms with Gasteiger partial charge in [-0.15, -0.1) is 0 Å².